The Kier molecular flexibility index (Phi) is 3.81. The third-order valence-electron chi connectivity index (χ3n) is 3.25. The largest absolute Gasteiger partial charge is 0.508 e. The van der Waals surface area contributed by atoms with Crippen LogP contribution in [0.5, 0.6) is 5.75 Å². The van der Waals surface area contributed by atoms with E-state index in [1.165, 1.54) is 12.1 Å². The van der Waals surface area contributed by atoms with Crippen molar-refractivity contribution in [3.05, 3.63) is 29.6 Å². The first-order chi connectivity index (χ1) is 8.60. The van der Waals surface area contributed by atoms with Crippen molar-refractivity contribution >= 4 is 5.91 Å². The van der Waals surface area contributed by atoms with Crippen LogP contribution in [-0.2, 0) is 4.74 Å². The van der Waals surface area contributed by atoms with Gasteiger partial charge in [0.25, 0.3) is 5.91 Å². The second-order valence-electron chi connectivity index (χ2n) is 4.51. The highest BCUT2D eigenvalue weighted by Gasteiger charge is 2.26. The van der Waals surface area contributed by atoms with Crippen LogP contribution in [-0.4, -0.2) is 30.3 Å². The Labute approximate surface area is 105 Å². The quantitative estimate of drug-likeness (QED) is 0.864. The minimum atomic E-state index is -0.714. The number of hydrogen-bond donors (Lipinski definition) is 2. The van der Waals surface area contributed by atoms with E-state index in [-0.39, 0.29) is 23.5 Å². The van der Waals surface area contributed by atoms with Crippen molar-refractivity contribution in [1.82, 2.24) is 5.32 Å². The third kappa shape index (κ3) is 2.79. The summed E-state index contributed by atoms with van der Waals surface area (Å²) in [5.74, 6) is -1.35. The Morgan fingerprint density at radius 1 is 1.50 bits per heavy atom. The van der Waals surface area contributed by atoms with E-state index >= 15 is 0 Å². The van der Waals surface area contributed by atoms with Crippen molar-refractivity contribution in [3.63, 3.8) is 0 Å². The van der Waals surface area contributed by atoms with Crippen molar-refractivity contribution in [3.8, 4) is 5.75 Å². The lowest BCUT2D eigenvalue weighted by atomic mass is 10.1. The van der Waals surface area contributed by atoms with Crippen LogP contribution in [0.25, 0.3) is 0 Å². The number of hydrogen-bond acceptors (Lipinski definition) is 3. The van der Waals surface area contributed by atoms with E-state index in [9.17, 15) is 9.18 Å². The average molecular weight is 253 g/mol. The van der Waals surface area contributed by atoms with Gasteiger partial charge in [0.05, 0.1) is 11.7 Å². The second-order valence-corrected chi connectivity index (χ2v) is 4.51. The lowest BCUT2D eigenvalue weighted by molar-refractivity contribution is 0.0911. The Balaban J connectivity index is 2.00. The van der Waals surface area contributed by atoms with Crippen molar-refractivity contribution in [1.29, 1.82) is 0 Å². The number of ether oxygens (including phenoxy) is 1. The zero-order valence-electron chi connectivity index (χ0n) is 10.1. The molecule has 4 nitrogen and oxygen atoms in total. The predicted octanol–water partition coefficient (Wildman–Crippen LogP) is 1.83. The molecular weight excluding hydrogens is 237 g/mol. The minimum Gasteiger partial charge on any atom is -0.508 e. The summed E-state index contributed by atoms with van der Waals surface area (Å²) in [4.78, 5) is 11.9. The summed E-state index contributed by atoms with van der Waals surface area (Å²) in [7, 11) is 1.65. The lowest BCUT2D eigenvalue weighted by Crippen LogP contribution is -2.33. The zero-order chi connectivity index (χ0) is 13.1. The number of halogens is 1. The molecule has 0 radical (unpaired) electrons. The summed E-state index contributed by atoms with van der Waals surface area (Å²) in [5, 5.41) is 11.9. The van der Waals surface area contributed by atoms with Gasteiger partial charge in [-0.1, -0.05) is 0 Å². The summed E-state index contributed by atoms with van der Waals surface area (Å²) in [6, 6.07) is 3.53. The van der Waals surface area contributed by atoms with Gasteiger partial charge in [-0.25, -0.2) is 4.39 Å². The maximum Gasteiger partial charge on any atom is 0.254 e. The SMILES string of the molecule is COC1CCC(NC(=O)c2ccc(O)cc2F)C1. The molecule has 98 valence electrons. The molecule has 2 rings (SSSR count). The molecule has 5 heteroatoms. The number of phenols is 1. The van der Waals surface area contributed by atoms with E-state index in [4.69, 9.17) is 9.84 Å². The molecule has 2 atom stereocenters. The number of carbonyl (C=O) groups excluding carboxylic acids is 1. The summed E-state index contributed by atoms with van der Waals surface area (Å²) in [6.45, 7) is 0. The molecule has 0 aliphatic heterocycles. The van der Waals surface area contributed by atoms with Gasteiger partial charge >= 0.3 is 0 Å². The molecule has 1 fully saturated rings. The molecule has 1 aromatic rings. The van der Waals surface area contributed by atoms with Gasteiger partial charge in [0.1, 0.15) is 11.6 Å². The highest BCUT2D eigenvalue weighted by Crippen LogP contribution is 2.22. The fraction of sp³-hybridized carbons (Fsp3) is 0.462. The minimum absolute atomic E-state index is 0.0238. The molecule has 2 N–H and O–H groups in total. The highest BCUT2D eigenvalue weighted by molar-refractivity contribution is 5.94. The lowest BCUT2D eigenvalue weighted by Gasteiger charge is -2.13. The molecule has 0 spiro atoms. The van der Waals surface area contributed by atoms with Crippen LogP contribution in [0.15, 0.2) is 18.2 Å². The standard InChI is InChI=1S/C13H16FNO3/c1-18-10-4-2-8(6-10)15-13(17)11-5-3-9(16)7-12(11)14/h3,5,7-8,10,16H,2,4,6H2,1H3,(H,15,17). The van der Waals surface area contributed by atoms with E-state index in [0.29, 0.717) is 0 Å². The fourth-order valence-corrected chi connectivity index (χ4v) is 2.24. The van der Waals surface area contributed by atoms with Crippen LogP contribution in [0, 0.1) is 5.82 Å². The number of rotatable bonds is 3. The van der Waals surface area contributed by atoms with Gasteiger partial charge in [0, 0.05) is 19.2 Å². The first-order valence-electron chi connectivity index (χ1n) is 5.92. The summed E-state index contributed by atoms with van der Waals surface area (Å²) >= 11 is 0. The van der Waals surface area contributed by atoms with E-state index < -0.39 is 11.7 Å². The molecule has 1 aliphatic rings. The molecule has 1 aliphatic carbocycles. The molecule has 2 unspecified atom stereocenters. The summed E-state index contributed by atoms with van der Waals surface area (Å²) in [6.07, 6.45) is 2.66. The molecule has 0 bridgehead atoms. The number of benzene rings is 1. The van der Waals surface area contributed by atoms with Crippen LogP contribution in [0.2, 0.25) is 0 Å². The van der Waals surface area contributed by atoms with Crippen molar-refractivity contribution in [2.75, 3.05) is 7.11 Å². The molecule has 0 heterocycles. The van der Waals surface area contributed by atoms with Gasteiger partial charge < -0.3 is 15.2 Å². The van der Waals surface area contributed by atoms with Crippen LogP contribution in [0.1, 0.15) is 29.6 Å². The van der Waals surface area contributed by atoms with Crippen molar-refractivity contribution < 1.29 is 19.0 Å². The Morgan fingerprint density at radius 3 is 2.89 bits per heavy atom. The molecular formula is C13H16FNO3. The van der Waals surface area contributed by atoms with Gasteiger partial charge in [-0.15, -0.1) is 0 Å². The Hall–Kier alpha value is -1.62. The first-order valence-corrected chi connectivity index (χ1v) is 5.92. The second kappa shape index (κ2) is 5.35. The normalized spacial score (nSPS) is 23.0. The van der Waals surface area contributed by atoms with E-state index in [1.807, 2.05) is 0 Å². The number of amides is 1. The smallest absolute Gasteiger partial charge is 0.254 e. The molecule has 0 aromatic heterocycles. The predicted molar refractivity (Wildman–Crippen MR) is 64.0 cm³/mol. The van der Waals surface area contributed by atoms with E-state index in [1.54, 1.807) is 7.11 Å². The summed E-state index contributed by atoms with van der Waals surface area (Å²) < 4.78 is 18.7. The van der Waals surface area contributed by atoms with Crippen molar-refractivity contribution in [2.45, 2.75) is 31.4 Å². The zero-order valence-corrected chi connectivity index (χ0v) is 10.1. The van der Waals surface area contributed by atoms with E-state index in [0.717, 1.165) is 25.3 Å². The fourth-order valence-electron chi connectivity index (χ4n) is 2.24. The van der Waals surface area contributed by atoms with Crippen LogP contribution < -0.4 is 5.32 Å². The van der Waals surface area contributed by atoms with Gasteiger partial charge in [0.2, 0.25) is 0 Å². The maximum absolute atomic E-state index is 13.5. The maximum atomic E-state index is 13.5. The highest BCUT2D eigenvalue weighted by atomic mass is 19.1. The monoisotopic (exact) mass is 253 g/mol. The topological polar surface area (TPSA) is 58.6 Å². The Morgan fingerprint density at radius 2 is 2.28 bits per heavy atom. The summed E-state index contributed by atoms with van der Waals surface area (Å²) in [5.41, 5.74) is -0.0475. The number of aromatic hydroxyl groups is 1. The van der Waals surface area contributed by atoms with Crippen LogP contribution in [0.4, 0.5) is 4.39 Å². The van der Waals surface area contributed by atoms with Gasteiger partial charge in [-0.2, -0.15) is 0 Å². The molecule has 1 aromatic carbocycles. The first kappa shape index (κ1) is 12.8. The van der Waals surface area contributed by atoms with Crippen molar-refractivity contribution in [2.24, 2.45) is 0 Å². The van der Waals surface area contributed by atoms with Gasteiger partial charge in [-0.3, -0.25) is 4.79 Å². The number of phenolic OH excluding ortho intramolecular Hbond substituents is 1. The molecule has 18 heavy (non-hydrogen) atoms. The molecule has 0 saturated heterocycles. The third-order valence-corrected chi connectivity index (χ3v) is 3.25. The van der Waals surface area contributed by atoms with E-state index in [2.05, 4.69) is 5.32 Å². The number of carbonyl (C=O) groups is 1. The Bertz CT molecular complexity index is 450. The average Bonchev–Trinajstić information content (AvgIpc) is 2.76. The van der Waals surface area contributed by atoms with Crippen LogP contribution >= 0.6 is 0 Å². The number of nitrogens with one attached hydrogen (secondary N) is 1. The van der Waals surface area contributed by atoms with Gasteiger partial charge in [0.15, 0.2) is 0 Å². The molecule has 1 saturated carbocycles. The van der Waals surface area contributed by atoms with Crippen LogP contribution in [0.3, 0.4) is 0 Å². The van der Waals surface area contributed by atoms with Gasteiger partial charge in [-0.05, 0) is 31.4 Å². The number of methoxy groups -OCH3 is 1. The molecule has 1 amide bonds.